The number of carbonyl (C=O) groups excluding carboxylic acids is 1. The molecular weight excluding hydrogens is 496 g/mol. The number of nitrogens with zero attached hydrogens (tertiary/aromatic N) is 1. The van der Waals surface area contributed by atoms with Crippen molar-refractivity contribution in [2.24, 2.45) is 0 Å². The second-order valence-electron chi connectivity index (χ2n) is 9.25. The first-order chi connectivity index (χ1) is 17.4. The molecule has 36 heavy (non-hydrogen) atoms. The number of carbonyl (C=O) groups is 1. The number of benzene rings is 2. The van der Waals surface area contributed by atoms with Gasteiger partial charge in [-0.2, -0.15) is 0 Å². The SMILES string of the molecule is O=C(CCc1ccc(S(=O)(=O)NC2CCCCC2)cc1)NCCCNc1ccnc2cc(Cl)ccc12. The number of hydrogen-bond acceptors (Lipinski definition) is 5. The van der Waals surface area contributed by atoms with Gasteiger partial charge in [-0.25, -0.2) is 13.1 Å². The summed E-state index contributed by atoms with van der Waals surface area (Å²) >= 11 is 6.04. The monoisotopic (exact) mass is 528 g/mol. The summed E-state index contributed by atoms with van der Waals surface area (Å²) in [5.41, 5.74) is 2.77. The summed E-state index contributed by atoms with van der Waals surface area (Å²) in [5.74, 6) is -0.0188. The molecular formula is C27H33ClN4O3S. The number of pyridine rings is 1. The van der Waals surface area contributed by atoms with E-state index in [0.29, 0.717) is 31.0 Å². The Balaban J connectivity index is 1.16. The Morgan fingerprint density at radius 1 is 1.00 bits per heavy atom. The zero-order chi connectivity index (χ0) is 25.4. The van der Waals surface area contributed by atoms with Gasteiger partial charge in [0.15, 0.2) is 0 Å². The lowest BCUT2D eigenvalue weighted by Crippen LogP contribution is -2.36. The number of aromatic nitrogens is 1. The molecule has 0 bridgehead atoms. The van der Waals surface area contributed by atoms with E-state index in [4.69, 9.17) is 11.6 Å². The Bertz CT molecular complexity index is 1280. The lowest BCUT2D eigenvalue weighted by Gasteiger charge is -2.22. The predicted octanol–water partition coefficient (Wildman–Crippen LogP) is 5.05. The largest absolute Gasteiger partial charge is 0.384 e. The summed E-state index contributed by atoms with van der Waals surface area (Å²) in [6, 6.07) is 14.4. The van der Waals surface area contributed by atoms with Crippen LogP contribution in [0, 0.1) is 0 Å². The molecule has 1 aliphatic rings. The second kappa shape index (κ2) is 12.5. The van der Waals surface area contributed by atoms with Gasteiger partial charge in [-0.15, -0.1) is 0 Å². The summed E-state index contributed by atoms with van der Waals surface area (Å²) < 4.78 is 28.1. The molecule has 0 radical (unpaired) electrons. The normalized spacial score (nSPS) is 14.6. The first-order valence-corrected chi connectivity index (χ1v) is 14.4. The Hall–Kier alpha value is -2.68. The Morgan fingerprint density at radius 2 is 1.78 bits per heavy atom. The van der Waals surface area contributed by atoms with Gasteiger partial charge in [0, 0.05) is 47.8 Å². The number of hydrogen-bond donors (Lipinski definition) is 3. The third-order valence-electron chi connectivity index (χ3n) is 6.50. The van der Waals surface area contributed by atoms with Crippen LogP contribution in [0.4, 0.5) is 5.69 Å². The van der Waals surface area contributed by atoms with Gasteiger partial charge in [0.2, 0.25) is 15.9 Å². The number of sulfonamides is 1. The lowest BCUT2D eigenvalue weighted by molar-refractivity contribution is -0.121. The molecule has 0 aliphatic heterocycles. The maximum Gasteiger partial charge on any atom is 0.240 e. The summed E-state index contributed by atoms with van der Waals surface area (Å²) in [4.78, 5) is 16.9. The van der Waals surface area contributed by atoms with Crippen LogP contribution < -0.4 is 15.4 Å². The van der Waals surface area contributed by atoms with E-state index in [9.17, 15) is 13.2 Å². The molecule has 3 N–H and O–H groups in total. The van der Waals surface area contributed by atoms with E-state index < -0.39 is 10.0 Å². The zero-order valence-corrected chi connectivity index (χ0v) is 21.9. The highest BCUT2D eigenvalue weighted by Crippen LogP contribution is 2.24. The summed E-state index contributed by atoms with van der Waals surface area (Å²) in [5, 5.41) is 8.01. The molecule has 1 aromatic heterocycles. The van der Waals surface area contributed by atoms with Gasteiger partial charge in [0.25, 0.3) is 0 Å². The van der Waals surface area contributed by atoms with Crippen molar-refractivity contribution in [3.8, 4) is 0 Å². The molecule has 0 spiro atoms. The van der Waals surface area contributed by atoms with Crippen LogP contribution in [-0.2, 0) is 21.2 Å². The van der Waals surface area contributed by atoms with Crippen LogP contribution in [-0.4, -0.2) is 38.4 Å². The minimum Gasteiger partial charge on any atom is -0.384 e. The Morgan fingerprint density at radius 3 is 2.56 bits per heavy atom. The van der Waals surface area contributed by atoms with Crippen molar-refractivity contribution in [1.29, 1.82) is 0 Å². The maximum atomic E-state index is 12.6. The molecule has 192 valence electrons. The number of amides is 1. The van der Waals surface area contributed by atoms with E-state index in [-0.39, 0.29) is 16.8 Å². The van der Waals surface area contributed by atoms with Crippen molar-refractivity contribution < 1.29 is 13.2 Å². The third kappa shape index (κ3) is 7.41. The summed E-state index contributed by atoms with van der Waals surface area (Å²) in [6.45, 7) is 1.29. The summed E-state index contributed by atoms with van der Waals surface area (Å²) in [6.07, 6.45) is 8.57. The average molecular weight is 529 g/mol. The lowest BCUT2D eigenvalue weighted by atomic mass is 9.96. The minimum atomic E-state index is -3.50. The van der Waals surface area contributed by atoms with E-state index in [1.165, 1.54) is 6.42 Å². The number of fused-ring (bicyclic) bond motifs is 1. The fourth-order valence-corrected chi connectivity index (χ4v) is 5.98. The fourth-order valence-electron chi connectivity index (χ4n) is 4.50. The van der Waals surface area contributed by atoms with E-state index >= 15 is 0 Å². The topological polar surface area (TPSA) is 100 Å². The first-order valence-electron chi connectivity index (χ1n) is 12.6. The minimum absolute atomic E-state index is 0.0188. The number of anilines is 1. The number of nitrogens with one attached hydrogen (secondary N) is 3. The van der Waals surface area contributed by atoms with Crippen LogP contribution in [0.3, 0.4) is 0 Å². The quantitative estimate of drug-likeness (QED) is 0.302. The van der Waals surface area contributed by atoms with E-state index in [0.717, 1.165) is 54.3 Å². The Kier molecular flexibility index (Phi) is 9.18. The van der Waals surface area contributed by atoms with Crippen LogP contribution in [0.15, 0.2) is 59.6 Å². The van der Waals surface area contributed by atoms with Crippen molar-refractivity contribution in [1.82, 2.24) is 15.0 Å². The zero-order valence-electron chi connectivity index (χ0n) is 20.3. The molecule has 2 aromatic carbocycles. The standard InChI is InChI=1S/C27H33ClN4O3S/c28-21-10-13-24-25(15-18-30-26(24)19-21)29-16-4-17-31-27(33)14-9-20-7-11-23(12-8-20)36(34,35)32-22-5-2-1-3-6-22/h7-8,10-13,15,18-19,22,32H,1-6,9,14,16-17H2,(H,29,30)(H,31,33). The van der Waals surface area contributed by atoms with Crippen LogP contribution >= 0.6 is 11.6 Å². The molecule has 0 atom stereocenters. The van der Waals surface area contributed by atoms with Crippen molar-refractivity contribution in [2.45, 2.75) is 62.3 Å². The highest BCUT2D eigenvalue weighted by atomic mass is 35.5. The first kappa shape index (κ1) is 26.4. The molecule has 1 fully saturated rings. The molecule has 1 aliphatic carbocycles. The van der Waals surface area contributed by atoms with Crippen LogP contribution in [0.2, 0.25) is 5.02 Å². The van der Waals surface area contributed by atoms with Gasteiger partial charge in [0.1, 0.15) is 0 Å². The van der Waals surface area contributed by atoms with Gasteiger partial charge in [-0.05, 0) is 67.6 Å². The molecule has 0 saturated heterocycles. The van der Waals surface area contributed by atoms with E-state index in [2.05, 4.69) is 20.3 Å². The van der Waals surface area contributed by atoms with Crippen molar-refractivity contribution in [3.05, 3.63) is 65.3 Å². The molecule has 7 nitrogen and oxygen atoms in total. The number of rotatable bonds is 11. The molecule has 0 unspecified atom stereocenters. The Labute approximate surface area is 218 Å². The maximum absolute atomic E-state index is 12.6. The van der Waals surface area contributed by atoms with Gasteiger partial charge in [-0.1, -0.05) is 43.0 Å². The molecule has 1 amide bonds. The van der Waals surface area contributed by atoms with E-state index in [1.807, 2.05) is 24.3 Å². The van der Waals surface area contributed by atoms with Gasteiger partial charge in [0.05, 0.1) is 10.4 Å². The van der Waals surface area contributed by atoms with Crippen LogP contribution in [0.1, 0.15) is 50.5 Å². The second-order valence-corrected chi connectivity index (χ2v) is 11.4. The highest BCUT2D eigenvalue weighted by molar-refractivity contribution is 7.89. The molecule has 4 rings (SSSR count). The molecule has 1 heterocycles. The number of aryl methyl sites for hydroxylation is 1. The van der Waals surface area contributed by atoms with Crippen molar-refractivity contribution >= 4 is 44.1 Å². The molecule has 1 saturated carbocycles. The fraction of sp³-hybridized carbons (Fsp3) is 0.407. The van der Waals surface area contributed by atoms with E-state index in [1.54, 1.807) is 30.5 Å². The average Bonchev–Trinajstić information content (AvgIpc) is 2.87. The van der Waals surface area contributed by atoms with Crippen LogP contribution in [0.5, 0.6) is 0 Å². The van der Waals surface area contributed by atoms with Gasteiger partial charge >= 0.3 is 0 Å². The van der Waals surface area contributed by atoms with Gasteiger partial charge in [-0.3, -0.25) is 9.78 Å². The summed E-state index contributed by atoms with van der Waals surface area (Å²) in [7, 11) is -3.50. The third-order valence-corrected chi connectivity index (χ3v) is 8.27. The smallest absolute Gasteiger partial charge is 0.240 e. The highest BCUT2D eigenvalue weighted by Gasteiger charge is 2.21. The molecule has 9 heteroatoms. The van der Waals surface area contributed by atoms with Crippen molar-refractivity contribution in [3.63, 3.8) is 0 Å². The van der Waals surface area contributed by atoms with Crippen molar-refractivity contribution in [2.75, 3.05) is 18.4 Å². The van der Waals surface area contributed by atoms with Gasteiger partial charge < -0.3 is 10.6 Å². The molecule has 3 aromatic rings. The van der Waals surface area contributed by atoms with Crippen LogP contribution in [0.25, 0.3) is 10.9 Å². The predicted molar refractivity (Wildman–Crippen MR) is 145 cm³/mol. The number of halogens is 1.